The van der Waals surface area contributed by atoms with Crippen molar-refractivity contribution in [3.63, 3.8) is 0 Å². The molecule has 2 aromatic carbocycles. The number of benzene rings is 2. The molecule has 0 radical (unpaired) electrons. The van der Waals surface area contributed by atoms with E-state index in [4.69, 9.17) is 4.74 Å². The first-order chi connectivity index (χ1) is 15.8. The van der Waals surface area contributed by atoms with Crippen LogP contribution in [0.25, 0.3) is 5.69 Å². The Labute approximate surface area is 190 Å². The van der Waals surface area contributed by atoms with E-state index in [1.807, 2.05) is 0 Å². The van der Waals surface area contributed by atoms with Crippen LogP contribution < -0.4 is 5.32 Å². The molecule has 0 saturated carbocycles. The quantitative estimate of drug-likeness (QED) is 0.448. The molecular formula is C25H24FN3O4. The van der Waals surface area contributed by atoms with Crippen molar-refractivity contribution < 1.29 is 23.5 Å². The summed E-state index contributed by atoms with van der Waals surface area (Å²) >= 11 is 0. The first-order valence-electron chi connectivity index (χ1n) is 10.8. The van der Waals surface area contributed by atoms with Crippen LogP contribution in [0.5, 0.6) is 0 Å². The number of nitrogens with zero attached hydrogens (tertiary/aromatic N) is 2. The second kappa shape index (κ2) is 9.36. The van der Waals surface area contributed by atoms with E-state index in [0.29, 0.717) is 23.4 Å². The van der Waals surface area contributed by atoms with Gasteiger partial charge in [0.2, 0.25) is 0 Å². The average Bonchev–Trinajstić information content (AvgIpc) is 3.19. The number of fused-ring (bicyclic) bond motifs is 1. The highest BCUT2D eigenvalue weighted by Crippen LogP contribution is 2.28. The van der Waals surface area contributed by atoms with Gasteiger partial charge in [0.05, 0.1) is 5.69 Å². The lowest BCUT2D eigenvalue weighted by molar-refractivity contribution is -0.123. The van der Waals surface area contributed by atoms with Crippen LogP contribution in [0.3, 0.4) is 0 Å². The number of hydrogen-bond acceptors (Lipinski definition) is 5. The number of carbonyl (C=O) groups excluding carboxylic acids is 3. The minimum Gasteiger partial charge on any atom is -0.448 e. The van der Waals surface area contributed by atoms with Crippen molar-refractivity contribution in [3.8, 4) is 5.69 Å². The van der Waals surface area contributed by atoms with E-state index in [9.17, 15) is 18.8 Å². The molecule has 7 nitrogen and oxygen atoms in total. The average molecular weight is 449 g/mol. The largest absolute Gasteiger partial charge is 0.448 e. The SMILES string of the molecule is CC(=O)c1cccc(NC(=O)C(C)OC(=O)c2nn(-c3ccc(F)cc3)c3c2CCCC3)c1. The van der Waals surface area contributed by atoms with E-state index >= 15 is 0 Å². The Morgan fingerprint density at radius 2 is 1.82 bits per heavy atom. The van der Waals surface area contributed by atoms with Crippen LogP contribution in [-0.4, -0.2) is 33.5 Å². The molecule has 1 N–H and O–H groups in total. The van der Waals surface area contributed by atoms with Crippen molar-refractivity contribution in [2.24, 2.45) is 0 Å². The standard InChI is InChI=1S/C25H24FN3O4/c1-15(30)17-6-5-7-19(14-17)27-24(31)16(2)33-25(32)23-21-8-3-4-9-22(21)29(28-23)20-12-10-18(26)11-13-20/h5-7,10-14,16H,3-4,8-9H2,1-2H3,(H,27,31). The molecule has 0 aliphatic heterocycles. The van der Waals surface area contributed by atoms with Gasteiger partial charge in [-0.15, -0.1) is 0 Å². The van der Waals surface area contributed by atoms with Gasteiger partial charge in [0.25, 0.3) is 5.91 Å². The third kappa shape index (κ3) is 4.84. The lowest BCUT2D eigenvalue weighted by Crippen LogP contribution is -2.30. The van der Waals surface area contributed by atoms with Crippen LogP contribution in [0.4, 0.5) is 10.1 Å². The Bertz CT molecular complexity index is 1220. The summed E-state index contributed by atoms with van der Waals surface area (Å²) in [5.41, 5.74) is 3.44. The maximum absolute atomic E-state index is 13.4. The van der Waals surface area contributed by atoms with Crippen molar-refractivity contribution in [1.29, 1.82) is 0 Å². The fourth-order valence-corrected chi connectivity index (χ4v) is 3.89. The number of rotatable bonds is 6. The number of nitrogens with one attached hydrogen (secondary N) is 1. The summed E-state index contributed by atoms with van der Waals surface area (Å²) in [5.74, 6) is -1.68. The first kappa shape index (κ1) is 22.4. The van der Waals surface area contributed by atoms with Gasteiger partial charge >= 0.3 is 5.97 Å². The van der Waals surface area contributed by atoms with Gasteiger partial charge < -0.3 is 10.1 Å². The van der Waals surface area contributed by atoms with Gasteiger partial charge in [0, 0.05) is 22.5 Å². The van der Waals surface area contributed by atoms with Crippen molar-refractivity contribution in [2.45, 2.75) is 45.6 Å². The summed E-state index contributed by atoms with van der Waals surface area (Å²) in [6, 6.07) is 12.4. The highest BCUT2D eigenvalue weighted by Gasteiger charge is 2.29. The molecule has 0 fully saturated rings. The molecule has 4 rings (SSSR count). The predicted molar refractivity (Wildman–Crippen MR) is 120 cm³/mol. The minimum atomic E-state index is -1.08. The summed E-state index contributed by atoms with van der Waals surface area (Å²) < 4.78 is 20.4. The molecule has 1 atom stereocenters. The molecule has 0 saturated heterocycles. The predicted octanol–water partition coefficient (Wildman–Crippen LogP) is 4.28. The maximum Gasteiger partial charge on any atom is 0.359 e. The summed E-state index contributed by atoms with van der Waals surface area (Å²) in [5, 5.41) is 7.13. The Kier molecular flexibility index (Phi) is 6.35. The van der Waals surface area contributed by atoms with Crippen molar-refractivity contribution >= 4 is 23.3 Å². The minimum absolute atomic E-state index is 0.118. The van der Waals surface area contributed by atoms with E-state index in [0.717, 1.165) is 30.5 Å². The number of aromatic nitrogens is 2. The van der Waals surface area contributed by atoms with Gasteiger partial charge in [0.1, 0.15) is 5.82 Å². The van der Waals surface area contributed by atoms with Gasteiger partial charge in [0.15, 0.2) is 17.6 Å². The highest BCUT2D eigenvalue weighted by atomic mass is 19.1. The van der Waals surface area contributed by atoms with Crippen molar-refractivity contribution in [1.82, 2.24) is 9.78 Å². The van der Waals surface area contributed by atoms with Crippen LogP contribution in [0.2, 0.25) is 0 Å². The number of ketones is 1. The molecule has 1 aromatic heterocycles. The van der Waals surface area contributed by atoms with Gasteiger partial charge in [-0.05, 0) is 75.9 Å². The normalized spacial score (nSPS) is 13.7. The van der Waals surface area contributed by atoms with E-state index in [2.05, 4.69) is 10.4 Å². The fourth-order valence-electron chi connectivity index (χ4n) is 3.89. The van der Waals surface area contributed by atoms with Crippen molar-refractivity contribution in [2.75, 3.05) is 5.32 Å². The van der Waals surface area contributed by atoms with E-state index in [1.165, 1.54) is 26.0 Å². The van der Waals surface area contributed by atoms with E-state index < -0.39 is 18.0 Å². The molecule has 0 spiro atoms. The Morgan fingerprint density at radius 1 is 1.09 bits per heavy atom. The zero-order valence-electron chi connectivity index (χ0n) is 18.4. The lowest BCUT2D eigenvalue weighted by atomic mass is 9.95. The van der Waals surface area contributed by atoms with Gasteiger partial charge in [-0.2, -0.15) is 5.10 Å². The molecule has 0 bridgehead atoms. The third-order valence-corrected chi connectivity index (χ3v) is 5.63. The maximum atomic E-state index is 13.4. The zero-order valence-corrected chi connectivity index (χ0v) is 18.4. The molecule has 1 amide bonds. The van der Waals surface area contributed by atoms with Crippen LogP contribution in [0, 0.1) is 5.82 Å². The number of carbonyl (C=O) groups is 3. The summed E-state index contributed by atoms with van der Waals surface area (Å²) in [6.07, 6.45) is 2.24. The molecule has 1 unspecified atom stereocenters. The molecule has 1 heterocycles. The number of ether oxygens (including phenoxy) is 1. The molecule has 1 aliphatic rings. The molecule has 1 aliphatic carbocycles. The molecular weight excluding hydrogens is 425 g/mol. The lowest BCUT2D eigenvalue weighted by Gasteiger charge is -2.15. The number of anilines is 1. The second-order valence-electron chi connectivity index (χ2n) is 8.04. The Hall–Kier alpha value is -3.81. The topological polar surface area (TPSA) is 90.3 Å². The Balaban J connectivity index is 1.52. The number of amides is 1. The second-order valence-corrected chi connectivity index (χ2v) is 8.04. The Morgan fingerprint density at radius 3 is 2.55 bits per heavy atom. The van der Waals surface area contributed by atoms with Crippen LogP contribution in [0.15, 0.2) is 48.5 Å². The third-order valence-electron chi connectivity index (χ3n) is 5.63. The van der Waals surface area contributed by atoms with Crippen LogP contribution >= 0.6 is 0 Å². The van der Waals surface area contributed by atoms with E-state index in [-0.39, 0.29) is 17.3 Å². The fraction of sp³-hybridized carbons (Fsp3) is 0.280. The number of hydrogen-bond donors (Lipinski definition) is 1. The number of esters is 1. The summed E-state index contributed by atoms with van der Waals surface area (Å²) in [4.78, 5) is 37.1. The van der Waals surface area contributed by atoms with E-state index in [1.54, 1.807) is 41.1 Å². The first-order valence-corrected chi connectivity index (χ1v) is 10.8. The zero-order chi connectivity index (χ0) is 23.5. The van der Waals surface area contributed by atoms with Crippen LogP contribution in [-0.2, 0) is 22.4 Å². The smallest absolute Gasteiger partial charge is 0.359 e. The van der Waals surface area contributed by atoms with Gasteiger partial charge in [-0.1, -0.05) is 12.1 Å². The summed E-state index contributed by atoms with van der Waals surface area (Å²) in [7, 11) is 0. The molecule has 3 aromatic rings. The van der Waals surface area contributed by atoms with Crippen LogP contribution in [0.1, 0.15) is 58.8 Å². The number of halogens is 1. The van der Waals surface area contributed by atoms with Gasteiger partial charge in [-0.25, -0.2) is 13.9 Å². The molecule has 170 valence electrons. The monoisotopic (exact) mass is 449 g/mol. The number of Topliss-reactive ketones (excluding diaryl/α,β-unsaturated/α-hetero) is 1. The van der Waals surface area contributed by atoms with Gasteiger partial charge in [-0.3, -0.25) is 9.59 Å². The summed E-state index contributed by atoms with van der Waals surface area (Å²) in [6.45, 7) is 2.92. The van der Waals surface area contributed by atoms with Crippen molar-refractivity contribution in [3.05, 3.63) is 76.9 Å². The highest BCUT2D eigenvalue weighted by molar-refractivity contribution is 5.99. The molecule has 33 heavy (non-hydrogen) atoms. The molecule has 8 heteroatoms.